The Hall–Kier alpha value is -0.650. The lowest BCUT2D eigenvalue weighted by atomic mass is 9.93. The van der Waals surface area contributed by atoms with E-state index in [1.807, 2.05) is 7.05 Å². The third-order valence-electron chi connectivity index (χ3n) is 2.86. The Balaban J connectivity index is 2.26. The Bertz CT molecular complexity index is 203. The van der Waals surface area contributed by atoms with Crippen molar-refractivity contribution in [2.24, 2.45) is 5.73 Å². The molecule has 15 heavy (non-hydrogen) atoms. The summed E-state index contributed by atoms with van der Waals surface area (Å²) in [5.74, 6) is -0.495. The zero-order valence-corrected chi connectivity index (χ0v) is 9.11. The zero-order chi connectivity index (χ0) is 11.3. The van der Waals surface area contributed by atoms with Gasteiger partial charge in [0.1, 0.15) is 12.1 Å². The van der Waals surface area contributed by atoms with Crippen molar-refractivity contribution in [1.82, 2.24) is 5.32 Å². The van der Waals surface area contributed by atoms with E-state index in [1.165, 1.54) is 0 Å². The van der Waals surface area contributed by atoms with Crippen LogP contribution in [0.15, 0.2) is 0 Å². The lowest BCUT2D eigenvalue weighted by molar-refractivity contribution is -0.153. The van der Waals surface area contributed by atoms with Gasteiger partial charge in [-0.1, -0.05) is 0 Å². The van der Waals surface area contributed by atoms with E-state index >= 15 is 0 Å². The second-order valence-corrected chi connectivity index (χ2v) is 3.99. The van der Waals surface area contributed by atoms with Crippen LogP contribution in [0.5, 0.6) is 0 Å². The average molecular weight is 216 g/mol. The molecule has 0 aliphatic heterocycles. The maximum absolute atomic E-state index is 11.3. The first-order chi connectivity index (χ1) is 7.17. The second-order valence-electron chi connectivity index (χ2n) is 3.99. The number of hydrogen-bond donors (Lipinski definition) is 3. The number of ether oxygens (including phenoxy) is 1. The van der Waals surface area contributed by atoms with Gasteiger partial charge in [0.25, 0.3) is 0 Å². The summed E-state index contributed by atoms with van der Waals surface area (Å²) in [4.78, 5) is 11.3. The first-order valence-electron chi connectivity index (χ1n) is 5.41. The number of hydrogen-bond acceptors (Lipinski definition) is 5. The second kappa shape index (κ2) is 6.05. The molecule has 0 aromatic carbocycles. The molecule has 0 bridgehead atoms. The van der Waals surface area contributed by atoms with Gasteiger partial charge in [-0.3, -0.25) is 4.79 Å². The summed E-state index contributed by atoms with van der Waals surface area (Å²) in [7, 11) is 1.94. The molecule has 0 radical (unpaired) electrons. The monoisotopic (exact) mass is 216 g/mol. The Morgan fingerprint density at radius 3 is 2.60 bits per heavy atom. The molecule has 4 N–H and O–H groups in total. The maximum Gasteiger partial charge on any atom is 0.325 e. The van der Waals surface area contributed by atoms with Gasteiger partial charge in [0, 0.05) is 6.04 Å². The normalized spacial score (nSPS) is 28.5. The summed E-state index contributed by atoms with van der Waals surface area (Å²) < 4.78 is 5.19. The molecule has 1 atom stereocenters. The van der Waals surface area contributed by atoms with Crippen molar-refractivity contribution in [3.63, 3.8) is 0 Å². The number of carbonyl (C=O) groups is 1. The van der Waals surface area contributed by atoms with Crippen LogP contribution in [0.4, 0.5) is 0 Å². The Morgan fingerprint density at radius 1 is 1.53 bits per heavy atom. The molecule has 1 fully saturated rings. The minimum Gasteiger partial charge on any atom is -0.461 e. The Labute approximate surface area is 90.0 Å². The SMILES string of the molecule is CN[C@H]1CC[C@H](OC(=O)[C@@H](N)CO)CC1. The van der Waals surface area contributed by atoms with Crippen LogP contribution in [-0.2, 0) is 9.53 Å². The topological polar surface area (TPSA) is 84.6 Å². The first-order valence-corrected chi connectivity index (χ1v) is 5.41. The number of nitrogens with one attached hydrogen (secondary N) is 1. The highest BCUT2D eigenvalue weighted by atomic mass is 16.5. The van der Waals surface area contributed by atoms with Gasteiger partial charge in [-0.25, -0.2) is 0 Å². The highest BCUT2D eigenvalue weighted by Crippen LogP contribution is 2.21. The number of rotatable bonds is 4. The fraction of sp³-hybridized carbons (Fsp3) is 0.900. The number of nitrogens with two attached hydrogens (primary N) is 1. The molecule has 0 aromatic heterocycles. The van der Waals surface area contributed by atoms with Crippen LogP contribution >= 0.6 is 0 Å². The van der Waals surface area contributed by atoms with Crippen molar-refractivity contribution in [2.75, 3.05) is 13.7 Å². The van der Waals surface area contributed by atoms with Crippen molar-refractivity contribution >= 4 is 5.97 Å². The fourth-order valence-corrected chi connectivity index (χ4v) is 1.80. The Kier molecular flexibility index (Phi) is 5.01. The van der Waals surface area contributed by atoms with E-state index < -0.39 is 12.0 Å². The van der Waals surface area contributed by atoms with Crippen LogP contribution in [0.2, 0.25) is 0 Å². The lowest BCUT2D eigenvalue weighted by Gasteiger charge is -2.28. The quantitative estimate of drug-likeness (QED) is 0.545. The molecule has 5 heteroatoms. The van der Waals surface area contributed by atoms with Gasteiger partial charge >= 0.3 is 5.97 Å². The van der Waals surface area contributed by atoms with Gasteiger partial charge in [-0.15, -0.1) is 0 Å². The third kappa shape index (κ3) is 3.77. The van der Waals surface area contributed by atoms with Crippen LogP contribution in [0.1, 0.15) is 25.7 Å². The standard InChI is InChI=1S/C10H20N2O3/c1-12-7-2-4-8(5-3-7)15-10(14)9(11)6-13/h7-9,12-13H,2-6,11H2,1H3/t7-,8-,9-/m0/s1. The molecule has 1 rings (SSSR count). The molecule has 5 nitrogen and oxygen atoms in total. The van der Waals surface area contributed by atoms with E-state index in [0.29, 0.717) is 6.04 Å². The molecule has 0 aromatic rings. The molecule has 1 aliphatic rings. The largest absolute Gasteiger partial charge is 0.461 e. The van der Waals surface area contributed by atoms with E-state index in [9.17, 15) is 4.79 Å². The van der Waals surface area contributed by atoms with E-state index in [2.05, 4.69) is 5.32 Å². The van der Waals surface area contributed by atoms with Crippen LogP contribution < -0.4 is 11.1 Å². The van der Waals surface area contributed by atoms with Gasteiger partial charge in [0.2, 0.25) is 0 Å². The summed E-state index contributed by atoms with van der Waals surface area (Å²) in [5, 5.41) is 11.9. The number of aliphatic hydroxyl groups excluding tert-OH is 1. The van der Waals surface area contributed by atoms with Crippen molar-refractivity contribution in [2.45, 2.75) is 43.9 Å². The van der Waals surface area contributed by atoms with Gasteiger partial charge in [0.15, 0.2) is 0 Å². The lowest BCUT2D eigenvalue weighted by Crippen LogP contribution is -2.40. The van der Waals surface area contributed by atoms with Crippen molar-refractivity contribution in [3.8, 4) is 0 Å². The number of aliphatic hydroxyl groups is 1. The molecule has 0 amide bonds. The van der Waals surface area contributed by atoms with Crippen LogP contribution in [0.25, 0.3) is 0 Å². The smallest absolute Gasteiger partial charge is 0.325 e. The minimum atomic E-state index is -0.896. The molecular formula is C10H20N2O3. The van der Waals surface area contributed by atoms with Crippen LogP contribution in [-0.4, -0.2) is 42.9 Å². The molecule has 0 heterocycles. The summed E-state index contributed by atoms with van der Waals surface area (Å²) in [6, 6.07) is -0.363. The number of esters is 1. The first kappa shape index (κ1) is 12.4. The molecule has 0 unspecified atom stereocenters. The van der Waals surface area contributed by atoms with E-state index in [4.69, 9.17) is 15.6 Å². The van der Waals surface area contributed by atoms with E-state index in [-0.39, 0.29) is 12.7 Å². The molecule has 1 aliphatic carbocycles. The zero-order valence-electron chi connectivity index (χ0n) is 9.11. The molecule has 88 valence electrons. The molecule has 0 saturated heterocycles. The highest BCUT2D eigenvalue weighted by molar-refractivity contribution is 5.75. The highest BCUT2D eigenvalue weighted by Gasteiger charge is 2.24. The minimum absolute atomic E-state index is 0.0281. The summed E-state index contributed by atoms with van der Waals surface area (Å²) in [5.41, 5.74) is 5.35. The van der Waals surface area contributed by atoms with Crippen LogP contribution in [0, 0.1) is 0 Å². The average Bonchev–Trinajstić information content (AvgIpc) is 2.29. The van der Waals surface area contributed by atoms with Crippen LogP contribution in [0.3, 0.4) is 0 Å². The van der Waals surface area contributed by atoms with Crippen molar-refractivity contribution < 1.29 is 14.6 Å². The third-order valence-corrected chi connectivity index (χ3v) is 2.86. The fourth-order valence-electron chi connectivity index (χ4n) is 1.80. The predicted octanol–water partition coefficient (Wildman–Crippen LogP) is -0.620. The van der Waals surface area contributed by atoms with Gasteiger partial charge in [-0.05, 0) is 32.7 Å². The number of carbonyl (C=O) groups excluding carboxylic acids is 1. The van der Waals surface area contributed by atoms with Gasteiger partial charge in [0.05, 0.1) is 6.61 Å². The van der Waals surface area contributed by atoms with Crippen molar-refractivity contribution in [1.29, 1.82) is 0 Å². The predicted molar refractivity (Wildman–Crippen MR) is 56.3 cm³/mol. The van der Waals surface area contributed by atoms with Gasteiger partial charge in [-0.2, -0.15) is 0 Å². The van der Waals surface area contributed by atoms with E-state index in [1.54, 1.807) is 0 Å². The van der Waals surface area contributed by atoms with Crippen molar-refractivity contribution in [3.05, 3.63) is 0 Å². The summed E-state index contributed by atoms with van der Waals surface area (Å²) in [6.07, 6.45) is 3.75. The van der Waals surface area contributed by atoms with E-state index in [0.717, 1.165) is 25.7 Å². The molecule has 1 saturated carbocycles. The van der Waals surface area contributed by atoms with Gasteiger partial charge < -0.3 is 20.9 Å². The summed E-state index contributed by atoms with van der Waals surface area (Å²) >= 11 is 0. The molecule has 0 spiro atoms. The Morgan fingerprint density at radius 2 is 2.13 bits per heavy atom. The maximum atomic E-state index is 11.3. The molecular weight excluding hydrogens is 196 g/mol. The summed E-state index contributed by atoms with van der Waals surface area (Å²) in [6.45, 7) is -0.356.